The molecule has 118 valence electrons. The lowest BCUT2D eigenvalue weighted by Crippen LogP contribution is -2.51. The molecule has 1 unspecified atom stereocenters. The van der Waals surface area contributed by atoms with Crippen LogP contribution in [0.15, 0.2) is 0 Å². The van der Waals surface area contributed by atoms with Crippen LogP contribution in [0, 0.1) is 0 Å². The molecule has 1 N–H and O–H groups in total. The SMILES string of the molecule is FC(F)(F)COCCCN1CCOCC1CNC1CC1. The lowest BCUT2D eigenvalue weighted by molar-refractivity contribution is -0.174. The van der Waals surface area contributed by atoms with Crippen LogP contribution in [-0.4, -0.2) is 69.2 Å². The molecule has 1 atom stereocenters. The highest BCUT2D eigenvalue weighted by atomic mass is 19.4. The molecule has 20 heavy (non-hydrogen) atoms. The number of rotatable bonds is 8. The topological polar surface area (TPSA) is 33.7 Å². The predicted octanol–water partition coefficient (Wildman–Crippen LogP) is 1.41. The number of nitrogens with zero attached hydrogens (tertiary/aromatic N) is 1. The Morgan fingerprint density at radius 2 is 2.10 bits per heavy atom. The van der Waals surface area contributed by atoms with Gasteiger partial charge in [-0.1, -0.05) is 0 Å². The van der Waals surface area contributed by atoms with Crippen LogP contribution < -0.4 is 5.32 Å². The predicted molar refractivity (Wildman–Crippen MR) is 68.7 cm³/mol. The fourth-order valence-electron chi connectivity index (χ4n) is 2.32. The Bertz CT molecular complexity index is 285. The molecule has 2 fully saturated rings. The molecule has 0 amide bonds. The second-order valence-electron chi connectivity index (χ2n) is 5.47. The van der Waals surface area contributed by atoms with Gasteiger partial charge in [0.05, 0.1) is 13.2 Å². The van der Waals surface area contributed by atoms with E-state index in [1.165, 1.54) is 12.8 Å². The van der Waals surface area contributed by atoms with Gasteiger partial charge in [0, 0.05) is 38.3 Å². The van der Waals surface area contributed by atoms with E-state index in [2.05, 4.69) is 15.0 Å². The molecular formula is C13H23F3N2O2. The zero-order chi connectivity index (χ0) is 14.4. The highest BCUT2D eigenvalue weighted by Crippen LogP contribution is 2.19. The Morgan fingerprint density at radius 3 is 2.80 bits per heavy atom. The number of alkyl halides is 3. The average Bonchev–Trinajstić information content (AvgIpc) is 3.20. The Labute approximate surface area is 117 Å². The minimum Gasteiger partial charge on any atom is -0.378 e. The van der Waals surface area contributed by atoms with E-state index in [1.54, 1.807) is 0 Å². The Kier molecular flexibility index (Phi) is 6.07. The Balaban J connectivity index is 1.58. The zero-order valence-corrected chi connectivity index (χ0v) is 11.6. The molecule has 0 aromatic carbocycles. The lowest BCUT2D eigenvalue weighted by atomic mass is 10.2. The maximum absolute atomic E-state index is 11.9. The second-order valence-corrected chi connectivity index (χ2v) is 5.47. The van der Waals surface area contributed by atoms with E-state index < -0.39 is 12.8 Å². The lowest BCUT2D eigenvalue weighted by Gasteiger charge is -2.35. The number of morpholine rings is 1. The van der Waals surface area contributed by atoms with Crippen molar-refractivity contribution in [2.45, 2.75) is 37.5 Å². The molecule has 0 bridgehead atoms. The first kappa shape index (κ1) is 16.0. The molecule has 0 spiro atoms. The van der Waals surface area contributed by atoms with E-state index >= 15 is 0 Å². The summed E-state index contributed by atoms with van der Waals surface area (Å²) in [5.74, 6) is 0. The summed E-state index contributed by atoms with van der Waals surface area (Å²) < 4.78 is 45.9. The molecule has 0 radical (unpaired) electrons. The summed E-state index contributed by atoms with van der Waals surface area (Å²) in [6.45, 7) is 2.90. The van der Waals surface area contributed by atoms with Crippen molar-refractivity contribution in [3.63, 3.8) is 0 Å². The number of nitrogens with one attached hydrogen (secondary N) is 1. The van der Waals surface area contributed by atoms with E-state index in [4.69, 9.17) is 4.74 Å². The molecule has 2 aliphatic rings. The van der Waals surface area contributed by atoms with Gasteiger partial charge in [0.2, 0.25) is 0 Å². The van der Waals surface area contributed by atoms with Crippen LogP contribution in [0.5, 0.6) is 0 Å². The van der Waals surface area contributed by atoms with E-state index in [0.29, 0.717) is 31.7 Å². The van der Waals surface area contributed by atoms with Crippen LogP contribution in [0.4, 0.5) is 13.2 Å². The minimum absolute atomic E-state index is 0.152. The smallest absolute Gasteiger partial charge is 0.378 e. The van der Waals surface area contributed by atoms with Crippen LogP contribution in [-0.2, 0) is 9.47 Å². The summed E-state index contributed by atoms with van der Waals surface area (Å²) in [5.41, 5.74) is 0. The van der Waals surface area contributed by atoms with Crippen LogP contribution in [0.25, 0.3) is 0 Å². The fraction of sp³-hybridized carbons (Fsp3) is 1.00. The third-order valence-corrected chi connectivity index (χ3v) is 3.57. The standard InChI is InChI=1S/C13H23F3N2O2/c14-13(15,16)10-20-6-1-4-18-5-7-19-9-12(18)8-17-11-2-3-11/h11-12,17H,1-10H2. The summed E-state index contributed by atoms with van der Waals surface area (Å²) in [6, 6.07) is 0.987. The second kappa shape index (κ2) is 7.59. The largest absolute Gasteiger partial charge is 0.411 e. The van der Waals surface area contributed by atoms with Gasteiger partial charge in [0.15, 0.2) is 0 Å². The summed E-state index contributed by atoms with van der Waals surface area (Å²) in [4.78, 5) is 2.29. The molecule has 0 aromatic heterocycles. The van der Waals surface area contributed by atoms with Crippen molar-refractivity contribution in [3.05, 3.63) is 0 Å². The van der Waals surface area contributed by atoms with Crippen molar-refractivity contribution in [2.24, 2.45) is 0 Å². The van der Waals surface area contributed by atoms with Crippen LogP contribution >= 0.6 is 0 Å². The van der Waals surface area contributed by atoms with Gasteiger partial charge in [-0.25, -0.2) is 0 Å². The van der Waals surface area contributed by atoms with Crippen molar-refractivity contribution in [1.29, 1.82) is 0 Å². The molecule has 1 aliphatic carbocycles. The molecule has 0 aromatic rings. The molecule has 1 saturated carbocycles. The van der Waals surface area contributed by atoms with Gasteiger partial charge in [-0.15, -0.1) is 0 Å². The van der Waals surface area contributed by atoms with Crippen molar-refractivity contribution >= 4 is 0 Å². The van der Waals surface area contributed by atoms with Crippen molar-refractivity contribution in [1.82, 2.24) is 10.2 Å². The van der Waals surface area contributed by atoms with Gasteiger partial charge in [-0.2, -0.15) is 13.2 Å². The Hall–Kier alpha value is -0.370. The molecule has 7 heteroatoms. The first-order valence-corrected chi connectivity index (χ1v) is 7.24. The average molecular weight is 296 g/mol. The third kappa shape index (κ3) is 6.39. The molecule has 2 rings (SSSR count). The minimum atomic E-state index is -4.23. The maximum Gasteiger partial charge on any atom is 0.411 e. The summed E-state index contributed by atoms with van der Waals surface area (Å²) >= 11 is 0. The van der Waals surface area contributed by atoms with Crippen molar-refractivity contribution < 1.29 is 22.6 Å². The van der Waals surface area contributed by atoms with Crippen LogP contribution in [0.2, 0.25) is 0 Å². The summed E-state index contributed by atoms with van der Waals surface area (Å²) in [5, 5.41) is 3.48. The molecule has 1 heterocycles. The van der Waals surface area contributed by atoms with Crippen LogP contribution in [0.3, 0.4) is 0 Å². The van der Waals surface area contributed by atoms with E-state index in [1.807, 2.05) is 0 Å². The molecular weight excluding hydrogens is 273 g/mol. The van der Waals surface area contributed by atoms with Gasteiger partial charge in [0.1, 0.15) is 6.61 Å². The van der Waals surface area contributed by atoms with Crippen LogP contribution in [0.1, 0.15) is 19.3 Å². The zero-order valence-electron chi connectivity index (χ0n) is 11.6. The van der Waals surface area contributed by atoms with Gasteiger partial charge in [-0.3, -0.25) is 4.90 Å². The summed E-state index contributed by atoms with van der Waals surface area (Å²) in [7, 11) is 0. The normalized spacial score (nSPS) is 25.1. The van der Waals surface area contributed by atoms with Gasteiger partial charge >= 0.3 is 6.18 Å². The van der Waals surface area contributed by atoms with E-state index in [0.717, 1.165) is 19.6 Å². The Morgan fingerprint density at radius 1 is 1.30 bits per heavy atom. The molecule has 4 nitrogen and oxygen atoms in total. The molecule has 1 aliphatic heterocycles. The van der Waals surface area contributed by atoms with Gasteiger partial charge in [0.25, 0.3) is 0 Å². The highest BCUT2D eigenvalue weighted by molar-refractivity contribution is 4.85. The summed E-state index contributed by atoms with van der Waals surface area (Å²) in [6.07, 6.45) is -1.11. The van der Waals surface area contributed by atoms with Gasteiger partial charge in [-0.05, 0) is 19.3 Å². The van der Waals surface area contributed by atoms with Gasteiger partial charge < -0.3 is 14.8 Å². The monoisotopic (exact) mass is 296 g/mol. The third-order valence-electron chi connectivity index (χ3n) is 3.57. The van der Waals surface area contributed by atoms with Crippen molar-refractivity contribution in [2.75, 3.05) is 46.1 Å². The fourth-order valence-corrected chi connectivity index (χ4v) is 2.32. The van der Waals surface area contributed by atoms with Crippen molar-refractivity contribution in [3.8, 4) is 0 Å². The maximum atomic E-state index is 11.9. The number of hydrogen-bond donors (Lipinski definition) is 1. The number of halogens is 3. The first-order chi connectivity index (χ1) is 9.54. The molecule has 1 saturated heterocycles. The first-order valence-electron chi connectivity index (χ1n) is 7.24. The number of hydrogen-bond acceptors (Lipinski definition) is 4. The highest BCUT2D eigenvalue weighted by Gasteiger charge is 2.28. The quantitative estimate of drug-likeness (QED) is 0.687. The van der Waals surface area contributed by atoms with E-state index in [9.17, 15) is 13.2 Å². The van der Waals surface area contributed by atoms with E-state index in [-0.39, 0.29) is 6.61 Å². The number of ether oxygens (including phenoxy) is 2.